The van der Waals surface area contributed by atoms with Gasteiger partial charge in [-0.3, -0.25) is 4.79 Å². The normalized spacial score (nSPS) is 23.0. The first-order chi connectivity index (χ1) is 15.3. The Morgan fingerprint density at radius 3 is 2.75 bits per heavy atom. The van der Waals surface area contributed by atoms with Crippen molar-refractivity contribution in [2.75, 3.05) is 20.3 Å². The molecule has 3 atom stereocenters. The lowest BCUT2D eigenvalue weighted by atomic mass is 9.86. The minimum atomic E-state index is -1.27. The molecule has 4 rings (SSSR count). The smallest absolute Gasteiger partial charge is 0.273 e. The van der Waals surface area contributed by atoms with Gasteiger partial charge in [0, 0.05) is 24.2 Å². The molecule has 1 spiro atoms. The molecule has 0 saturated heterocycles. The van der Waals surface area contributed by atoms with Crippen LogP contribution in [0.4, 0.5) is 13.2 Å². The van der Waals surface area contributed by atoms with Crippen molar-refractivity contribution in [3.8, 4) is 5.75 Å². The lowest BCUT2D eigenvalue weighted by Crippen LogP contribution is -2.53. The molecule has 10 heteroatoms. The van der Waals surface area contributed by atoms with Gasteiger partial charge in [0.2, 0.25) is 0 Å². The molecule has 0 unspecified atom stereocenters. The van der Waals surface area contributed by atoms with Crippen LogP contribution in [-0.4, -0.2) is 42.3 Å². The Morgan fingerprint density at radius 2 is 2.03 bits per heavy atom. The van der Waals surface area contributed by atoms with E-state index in [0.29, 0.717) is 17.7 Å². The van der Waals surface area contributed by atoms with E-state index in [4.69, 9.17) is 15.2 Å². The molecule has 2 N–H and O–H groups in total. The lowest BCUT2D eigenvalue weighted by Gasteiger charge is -2.45. The van der Waals surface area contributed by atoms with Gasteiger partial charge in [0.05, 0.1) is 6.61 Å². The molecule has 2 heterocycles. The Morgan fingerprint density at radius 1 is 1.31 bits per heavy atom. The van der Waals surface area contributed by atoms with Gasteiger partial charge in [0.15, 0.2) is 4.87 Å². The highest BCUT2D eigenvalue weighted by molar-refractivity contribution is 8.15. The van der Waals surface area contributed by atoms with E-state index in [1.54, 1.807) is 6.92 Å². The van der Waals surface area contributed by atoms with Crippen LogP contribution >= 0.6 is 11.8 Å². The highest BCUT2D eigenvalue weighted by Gasteiger charge is 2.57. The summed E-state index contributed by atoms with van der Waals surface area (Å²) < 4.78 is 54.0. The zero-order valence-corrected chi connectivity index (χ0v) is 18.3. The van der Waals surface area contributed by atoms with Gasteiger partial charge in [-0.1, -0.05) is 11.8 Å². The fraction of sp³-hybridized carbons (Fsp3) is 0.364. The fourth-order valence-corrected chi connectivity index (χ4v) is 5.49. The van der Waals surface area contributed by atoms with Crippen molar-refractivity contribution in [1.29, 1.82) is 0 Å². The van der Waals surface area contributed by atoms with E-state index in [1.165, 1.54) is 30.3 Å². The van der Waals surface area contributed by atoms with E-state index in [2.05, 4.69) is 5.10 Å². The second kappa shape index (κ2) is 8.76. The quantitative estimate of drug-likeness (QED) is 0.731. The first kappa shape index (κ1) is 22.6. The second-order valence-corrected chi connectivity index (χ2v) is 8.79. The lowest BCUT2D eigenvalue weighted by molar-refractivity contribution is -0.147. The van der Waals surface area contributed by atoms with Gasteiger partial charge < -0.3 is 15.2 Å². The van der Waals surface area contributed by atoms with Crippen LogP contribution in [-0.2, 0) is 14.4 Å². The molecule has 170 valence electrons. The summed E-state index contributed by atoms with van der Waals surface area (Å²) in [5.74, 6) is -2.40. The van der Waals surface area contributed by atoms with Crippen molar-refractivity contribution >= 4 is 22.7 Å². The predicted molar refractivity (Wildman–Crippen MR) is 115 cm³/mol. The number of benzene rings is 2. The van der Waals surface area contributed by atoms with Crippen LogP contribution in [0.2, 0.25) is 0 Å². The van der Waals surface area contributed by atoms with Crippen LogP contribution in [0.1, 0.15) is 24.5 Å². The number of rotatable bonds is 5. The number of hydrogen-bond donors (Lipinski definition) is 1. The van der Waals surface area contributed by atoms with E-state index in [1.807, 2.05) is 0 Å². The third-order valence-corrected chi connectivity index (χ3v) is 7.19. The topological polar surface area (TPSA) is 77.1 Å². The minimum absolute atomic E-state index is 0.0920. The summed E-state index contributed by atoms with van der Waals surface area (Å²) in [6.45, 7) is 2.01. The summed E-state index contributed by atoms with van der Waals surface area (Å²) in [7, 11) is 1.38. The third kappa shape index (κ3) is 3.66. The Balaban J connectivity index is 1.94. The molecule has 2 aliphatic heterocycles. The minimum Gasteiger partial charge on any atom is -0.493 e. The number of hydrogen-bond acceptors (Lipinski definition) is 6. The standard InChI is InChI=1S/C22H22F3N3O3S/c1-12(30-2)21(29)28-22(32-20(27-28)16-9-14(23)3-5-18(16)25)13(7-8-26)11-31-19-6-4-15(24)10-17(19)22/h3-6,9-10,12-13H,7-8,11,26H2,1-2H3/t12-,13+,22-/m0/s1. The Bertz CT molecular complexity index is 1080. The number of carbonyl (C=O) groups is 1. The monoisotopic (exact) mass is 465 g/mol. The maximum absolute atomic E-state index is 14.6. The van der Waals surface area contributed by atoms with Gasteiger partial charge in [-0.25, -0.2) is 18.2 Å². The van der Waals surface area contributed by atoms with Gasteiger partial charge in [0.25, 0.3) is 5.91 Å². The summed E-state index contributed by atoms with van der Waals surface area (Å²) >= 11 is 1.06. The molecule has 1 amide bonds. The molecule has 2 aromatic carbocycles. The summed E-state index contributed by atoms with van der Waals surface area (Å²) in [6.07, 6.45) is -0.464. The Labute approximate surface area is 187 Å². The molecular formula is C22H22F3N3O3S. The number of thioether (sulfide) groups is 1. The maximum atomic E-state index is 14.6. The van der Waals surface area contributed by atoms with Crippen LogP contribution in [0.5, 0.6) is 5.75 Å². The third-order valence-electron chi connectivity index (χ3n) is 5.66. The van der Waals surface area contributed by atoms with E-state index in [-0.39, 0.29) is 23.8 Å². The number of carbonyl (C=O) groups excluding carboxylic acids is 1. The van der Waals surface area contributed by atoms with Crippen molar-refractivity contribution in [2.24, 2.45) is 16.8 Å². The van der Waals surface area contributed by atoms with Crippen molar-refractivity contribution in [3.63, 3.8) is 0 Å². The van der Waals surface area contributed by atoms with E-state index >= 15 is 0 Å². The predicted octanol–water partition coefficient (Wildman–Crippen LogP) is 3.59. The van der Waals surface area contributed by atoms with E-state index in [9.17, 15) is 18.0 Å². The number of ether oxygens (including phenoxy) is 2. The van der Waals surface area contributed by atoms with E-state index < -0.39 is 40.3 Å². The summed E-state index contributed by atoms with van der Waals surface area (Å²) in [4.78, 5) is 12.1. The van der Waals surface area contributed by atoms with Crippen molar-refractivity contribution < 1.29 is 27.4 Å². The van der Waals surface area contributed by atoms with Gasteiger partial charge >= 0.3 is 0 Å². The highest BCUT2D eigenvalue weighted by atomic mass is 32.2. The number of nitrogens with two attached hydrogens (primary N) is 1. The molecule has 2 aliphatic rings. The molecule has 2 aromatic rings. The summed E-state index contributed by atoms with van der Waals surface area (Å²) in [6, 6.07) is 7.04. The first-order valence-corrected chi connectivity index (χ1v) is 10.9. The average molecular weight is 465 g/mol. The van der Waals surface area contributed by atoms with Crippen molar-refractivity contribution in [2.45, 2.75) is 24.3 Å². The SMILES string of the molecule is CO[C@@H](C)C(=O)N1N=C(c2cc(F)ccc2F)S[C@@]12c1cc(F)ccc1OC[C@H]2CCN. The number of hydrazone groups is 1. The number of fused-ring (bicyclic) bond motifs is 2. The molecule has 0 fully saturated rings. The van der Waals surface area contributed by atoms with Gasteiger partial charge in [-0.05, 0) is 56.3 Å². The highest BCUT2D eigenvalue weighted by Crippen LogP contribution is 2.57. The van der Waals surface area contributed by atoms with Gasteiger partial charge in [-0.15, -0.1) is 0 Å². The molecule has 0 bridgehead atoms. The number of amides is 1. The van der Waals surface area contributed by atoms with Crippen LogP contribution in [0.15, 0.2) is 41.5 Å². The number of methoxy groups -OCH3 is 1. The fourth-order valence-electron chi connectivity index (χ4n) is 3.97. The molecule has 6 nitrogen and oxygen atoms in total. The van der Waals surface area contributed by atoms with Crippen LogP contribution in [0.25, 0.3) is 0 Å². The Hall–Kier alpha value is -2.56. The average Bonchev–Trinajstić information content (AvgIpc) is 3.17. The number of nitrogens with zero attached hydrogens (tertiary/aromatic N) is 2. The maximum Gasteiger partial charge on any atom is 0.273 e. The summed E-state index contributed by atoms with van der Waals surface area (Å²) in [5, 5.41) is 5.72. The summed E-state index contributed by atoms with van der Waals surface area (Å²) in [5.41, 5.74) is 6.13. The van der Waals surface area contributed by atoms with Gasteiger partial charge in [0.1, 0.15) is 34.3 Å². The van der Waals surface area contributed by atoms with E-state index in [0.717, 1.165) is 30.0 Å². The molecule has 0 aromatic heterocycles. The molecule has 0 radical (unpaired) electrons. The van der Waals surface area contributed by atoms with Crippen molar-refractivity contribution in [1.82, 2.24) is 5.01 Å². The van der Waals surface area contributed by atoms with Crippen LogP contribution in [0.3, 0.4) is 0 Å². The molecule has 32 heavy (non-hydrogen) atoms. The van der Waals surface area contributed by atoms with Crippen LogP contribution in [0, 0.1) is 23.4 Å². The zero-order chi connectivity index (χ0) is 23.0. The zero-order valence-electron chi connectivity index (χ0n) is 17.5. The first-order valence-electron chi connectivity index (χ1n) is 10.0. The van der Waals surface area contributed by atoms with Crippen molar-refractivity contribution in [3.05, 3.63) is 65.0 Å². The van der Waals surface area contributed by atoms with Gasteiger partial charge in [-0.2, -0.15) is 5.10 Å². The molecular weight excluding hydrogens is 443 g/mol. The Kier molecular flexibility index (Phi) is 6.19. The molecule has 0 saturated carbocycles. The second-order valence-electron chi connectivity index (χ2n) is 7.58. The molecule has 0 aliphatic carbocycles. The largest absolute Gasteiger partial charge is 0.493 e. The van der Waals surface area contributed by atoms with Crippen LogP contribution < -0.4 is 10.5 Å². The number of halogens is 3.